The second-order valence-corrected chi connectivity index (χ2v) is 3.67. The Morgan fingerprint density at radius 1 is 1.47 bits per heavy atom. The fourth-order valence-electron chi connectivity index (χ4n) is 1.93. The van der Waals surface area contributed by atoms with Crippen molar-refractivity contribution in [3.8, 4) is 0 Å². The SMILES string of the molecule is NCC1CCN1c1ncnc2nc[nH]c12. The molecule has 0 aromatic carbocycles. The maximum Gasteiger partial charge on any atom is 0.182 e. The molecule has 0 aliphatic carbocycles. The van der Waals surface area contributed by atoms with Crippen molar-refractivity contribution in [2.45, 2.75) is 12.5 Å². The Bertz CT molecular complexity index is 476. The second-order valence-electron chi connectivity index (χ2n) is 3.67. The van der Waals surface area contributed by atoms with Gasteiger partial charge in [0.15, 0.2) is 11.5 Å². The molecule has 78 valence electrons. The largest absolute Gasteiger partial charge is 0.350 e. The normalized spacial score (nSPS) is 20.6. The molecular weight excluding hydrogens is 192 g/mol. The van der Waals surface area contributed by atoms with Crippen LogP contribution in [0.4, 0.5) is 5.82 Å². The lowest BCUT2D eigenvalue weighted by Gasteiger charge is -2.41. The summed E-state index contributed by atoms with van der Waals surface area (Å²) in [6.45, 7) is 1.67. The molecule has 1 unspecified atom stereocenters. The molecule has 0 bridgehead atoms. The highest BCUT2D eigenvalue weighted by Crippen LogP contribution is 2.27. The summed E-state index contributed by atoms with van der Waals surface area (Å²) in [6.07, 6.45) is 4.32. The Morgan fingerprint density at radius 3 is 3.13 bits per heavy atom. The minimum Gasteiger partial charge on any atom is -0.350 e. The third-order valence-electron chi connectivity index (χ3n) is 2.89. The maximum atomic E-state index is 5.67. The van der Waals surface area contributed by atoms with Gasteiger partial charge in [-0.15, -0.1) is 0 Å². The number of H-pyrrole nitrogens is 1. The summed E-state index contributed by atoms with van der Waals surface area (Å²) >= 11 is 0. The fourth-order valence-corrected chi connectivity index (χ4v) is 1.93. The highest BCUT2D eigenvalue weighted by atomic mass is 15.3. The predicted octanol–water partition coefficient (Wildman–Crippen LogP) is -0.110. The molecule has 1 fully saturated rings. The van der Waals surface area contributed by atoms with Crippen LogP contribution in [0.2, 0.25) is 0 Å². The van der Waals surface area contributed by atoms with Gasteiger partial charge in [-0.3, -0.25) is 0 Å². The topological polar surface area (TPSA) is 83.7 Å². The quantitative estimate of drug-likeness (QED) is 0.713. The first-order chi connectivity index (χ1) is 7.40. The number of aromatic amines is 1. The van der Waals surface area contributed by atoms with Gasteiger partial charge in [-0.1, -0.05) is 0 Å². The van der Waals surface area contributed by atoms with E-state index >= 15 is 0 Å². The Hall–Kier alpha value is -1.69. The van der Waals surface area contributed by atoms with Crippen LogP contribution >= 0.6 is 0 Å². The zero-order chi connectivity index (χ0) is 10.3. The number of fused-ring (bicyclic) bond motifs is 1. The standard InChI is InChI=1S/C9H12N6/c10-3-6-1-2-15(6)9-7-8(12-4-11-7)13-5-14-9/h4-6H,1-3,10H2,(H,11,12,13,14). The summed E-state index contributed by atoms with van der Waals surface area (Å²) in [4.78, 5) is 17.7. The molecule has 15 heavy (non-hydrogen) atoms. The first-order valence-electron chi connectivity index (χ1n) is 5.01. The lowest BCUT2D eigenvalue weighted by atomic mass is 10.0. The van der Waals surface area contributed by atoms with Crippen molar-refractivity contribution in [1.82, 2.24) is 19.9 Å². The molecule has 1 aliphatic heterocycles. The van der Waals surface area contributed by atoms with Crippen LogP contribution in [0.5, 0.6) is 0 Å². The third kappa shape index (κ3) is 1.18. The molecule has 1 atom stereocenters. The number of aromatic nitrogens is 4. The fraction of sp³-hybridized carbons (Fsp3) is 0.444. The monoisotopic (exact) mass is 204 g/mol. The van der Waals surface area contributed by atoms with Crippen molar-refractivity contribution in [3.63, 3.8) is 0 Å². The van der Waals surface area contributed by atoms with Gasteiger partial charge in [0.25, 0.3) is 0 Å². The lowest BCUT2D eigenvalue weighted by molar-refractivity contribution is 0.453. The molecule has 1 aliphatic rings. The number of hydrogen-bond acceptors (Lipinski definition) is 5. The van der Waals surface area contributed by atoms with E-state index in [9.17, 15) is 0 Å². The molecule has 3 N–H and O–H groups in total. The van der Waals surface area contributed by atoms with Crippen LogP contribution in [-0.2, 0) is 0 Å². The first-order valence-corrected chi connectivity index (χ1v) is 5.01. The molecule has 6 nitrogen and oxygen atoms in total. The second kappa shape index (κ2) is 3.16. The zero-order valence-electron chi connectivity index (χ0n) is 8.22. The molecule has 2 aromatic rings. The van der Waals surface area contributed by atoms with E-state index in [1.807, 2.05) is 0 Å². The summed E-state index contributed by atoms with van der Waals surface area (Å²) in [5.74, 6) is 0.916. The molecule has 2 aromatic heterocycles. The number of nitrogens with one attached hydrogen (secondary N) is 1. The molecule has 3 heterocycles. The van der Waals surface area contributed by atoms with Gasteiger partial charge in [-0.25, -0.2) is 15.0 Å². The van der Waals surface area contributed by atoms with Gasteiger partial charge in [0.05, 0.1) is 6.33 Å². The Labute approximate surface area is 86.5 Å². The zero-order valence-corrected chi connectivity index (χ0v) is 8.22. The van der Waals surface area contributed by atoms with Crippen molar-refractivity contribution >= 4 is 17.0 Å². The summed E-state index contributed by atoms with van der Waals surface area (Å²) in [6, 6.07) is 0.409. The van der Waals surface area contributed by atoms with E-state index < -0.39 is 0 Å². The number of imidazole rings is 1. The van der Waals surface area contributed by atoms with Gasteiger partial charge in [0, 0.05) is 19.1 Å². The van der Waals surface area contributed by atoms with E-state index in [1.165, 1.54) is 0 Å². The van der Waals surface area contributed by atoms with Crippen LogP contribution in [0.25, 0.3) is 11.2 Å². The smallest absolute Gasteiger partial charge is 0.182 e. The van der Waals surface area contributed by atoms with E-state index in [4.69, 9.17) is 5.73 Å². The molecular formula is C9H12N6. The molecule has 0 saturated carbocycles. The molecule has 3 rings (SSSR count). The number of hydrogen-bond donors (Lipinski definition) is 2. The highest BCUT2D eigenvalue weighted by molar-refractivity contribution is 5.83. The van der Waals surface area contributed by atoms with Crippen LogP contribution < -0.4 is 10.6 Å². The van der Waals surface area contributed by atoms with Crippen LogP contribution in [0, 0.1) is 0 Å². The van der Waals surface area contributed by atoms with E-state index in [2.05, 4.69) is 24.8 Å². The Morgan fingerprint density at radius 2 is 2.40 bits per heavy atom. The van der Waals surface area contributed by atoms with Crippen LogP contribution in [0.1, 0.15) is 6.42 Å². The first kappa shape index (κ1) is 8.60. The van der Waals surface area contributed by atoms with Crippen molar-refractivity contribution in [3.05, 3.63) is 12.7 Å². The third-order valence-corrected chi connectivity index (χ3v) is 2.89. The van der Waals surface area contributed by atoms with Crippen LogP contribution in [0.3, 0.4) is 0 Å². The maximum absolute atomic E-state index is 5.67. The summed E-state index contributed by atoms with van der Waals surface area (Å²) in [5.41, 5.74) is 7.28. The summed E-state index contributed by atoms with van der Waals surface area (Å²) < 4.78 is 0. The minimum absolute atomic E-state index is 0.409. The molecule has 6 heteroatoms. The number of nitrogens with zero attached hydrogens (tertiary/aromatic N) is 4. The van der Waals surface area contributed by atoms with E-state index in [-0.39, 0.29) is 0 Å². The van der Waals surface area contributed by atoms with Gasteiger partial charge in [-0.2, -0.15) is 0 Å². The lowest BCUT2D eigenvalue weighted by Crippen LogP contribution is -2.52. The van der Waals surface area contributed by atoms with Gasteiger partial charge in [-0.05, 0) is 6.42 Å². The van der Waals surface area contributed by atoms with E-state index in [0.717, 1.165) is 24.3 Å². The van der Waals surface area contributed by atoms with Crippen molar-refractivity contribution in [2.75, 3.05) is 18.0 Å². The highest BCUT2D eigenvalue weighted by Gasteiger charge is 2.29. The number of rotatable bonds is 2. The average Bonchev–Trinajstić information content (AvgIpc) is 2.65. The van der Waals surface area contributed by atoms with Gasteiger partial charge in [0.1, 0.15) is 11.8 Å². The molecule has 0 spiro atoms. The van der Waals surface area contributed by atoms with Crippen LogP contribution in [0.15, 0.2) is 12.7 Å². The van der Waals surface area contributed by atoms with E-state index in [1.54, 1.807) is 12.7 Å². The van der Waals surface area contributed by atoms with E-state index in [0.29, 0.717) is 18.2 Å². The van der Waals surface area contributed by atoms with Gasteiger partial charge < -0.3 is 15.6 Å². The summed E-state index contributed by atoms with van der Waals surface area (Å²) in [7, 11) is 0. The van der Waals surface area contributed by atoms with Crippen molar-refractivity contribution in [2.24, 2.45) is 5.73 Å². The molecule has 0 radical (unpaired) electrons. The Balaban J connectivity index is 2.06. The average molecular weight is 204 g/mol. The van der Waals surface area contributed by atoms with Crippen molar-refractivity contribution in [1.29, 1.82) is 0 Å². The Kier molecular flexibility index (Phi) is 1.81. The minimum atomic E-state index is 0.409. The van der Waals surface area contributed by atoms with Crippen LogP contribution in [-0.4, -0.2) is 39.1 Å². The van der Waals surface area contributed by atoms with Crippen molar-refractivity contribution < 1.29 is 0 Å². The number of nitrogens with two attached hydrogens (primary N) is 1. The van der Waals surface area contributed by atoms with Gasteiger partial charge >= 0.3 is 0 Å². The van der Waals surface area contributed by atoms with Gasteiger partial charge in [0.2, 0.25) is 0 Å². The molecule has 0 amide bonds. The predicted molar refractivity (Wildman–Crippen MR) is 56.5 cm³/mol. The summed E-state index contributed by atoms with van der Waals surface area (Å²) in [5, 5.41) is 0. The number of anilines is 1. The molecule has 1 saturated heterocycles.